The maximum absolute atomic E-state index is 10.7. The second-order valence-electron chi connectivity index (χ2n) is 2.96. The van der Waals surface area contributed by atoms with Crippen molar-refractivity contribution in [2.45, 2.75) is 13.3 Å². The van der Waals surface area contributed by atoms with Crippen LogP contribution in [0, 0.1) is 5.41 Å². The molecule has 1 fully saturated rings. The smallest absolute Gasteiger partial charge is 0.312 e. The van der Waals surface area contributed by atoms with Crippen molar-refractivity contribution in [3.05, 3.63) is 12.2 Å². The third kappa shape index (κ3) is 1.43. The topological polar surface area (TPSA) is 49.3 Å². The van der Waals surface area contributed by atoms with Gasteiger partial charge in [-0.15, -0.1) is 0 Å². The predicted octanol–water partition coefficient (Wildman–Crippen LogP) is 0.627. The van der Waals surface area contributed by atoms with E-state index < -0.39 is 11.4 Å². The van der Waals surface area contributed by atoms with Crippen LogP contribution in [0.2, 0.25) is 0 Å². The van der Waals surface area contributed by atoms with Crippen molar-refractivity contribution >= 4 is 5.97 Å². The van der Waals surface area contributed by atoms with Crippen LogP contribution in [0.3, 0.4) is 0 Å². The molecule has 1 rings (SSSR count). The molecule has 1 heterocycles. The third-order valence-corrected chi connectivity index (χ3v) is 2.12. The van der Waals surface area contributed by atoms with E-state index in [1.54, 1.807) is 0 Å². The molecule has 1 aliphatic heterocycles. The van der Waals surface area contributed by atoms with Gasteiger partial charge in [0.25, 0.3) is 0 Å². The van der Waals surface area contributed by atoms with Crippen LogP contribution in [0.5, 0.6) is 0 Å². The Labute approximate surface area is 66.1 Å². The Morgan fingerprint density at radius 2 is 2.36 bits per heavy atom. The molecule has 2 N–H and O–H groups in total. The lowest BCUT2D eigenvalue weighted by atomic mass is 9.79. The van der Waals surface area contributed by atoms with E-state index in [0.29, 0.717) is 19.5 Å². The molecule has 3 nitrogen and oxygen atoms in total. The zero-order chi connectivity index (χ0) is 8.32. The maximum Gasteiger partial charge on any atom is 0.312 e. The SMILES string of the molecule is C/C=C/CC1(C(=O)O)CNC1. The summed E-state index contributed by atoms with van der Waals surface area (Å²) in [6.07, 6.45) is 4.45. The Hall–Kier alpha value is -0.830. The van der Waals surface area contributed by atoms with Gasteiger partial charge in [0.15, 0.2) is 0 Å². The van der Waals surface area contributed by atoms with E-state index in [1.165, 1.54) is 0 Å². The molecule has 0 aromatic rings. The largest absolute Gasteiger partial charge is 0.481 e. The molecule has 0 unspecified atom stereocenters. The van der Waals surface area contributed by atoms with Gasteiger partial charge in [0.2, 0.25) is 0 Å². The lowest BCUT2D eigenvalue weighted by Gasteiger charge is -2.37. The van der Waals surface area contributed by atoms with Gasteiger partial charge in [-0.2, -0.15) is 0 Å². The average Bonchev–Trinajstić information content (AvgIpc) is 1.85. The minimum absolute atomic E-state index is 0.507. The fourth-order valence-corrected chi connectivity index (χ4v) is 1.15. The zero-order valence-electron chi connectivity index (χ0n) is 6.63. The first-order valence-electron chi connectivity index (χ1n) is 3.76. The fourth-order valence-electron chi connectivity index (χ4n) is 1.15. The summed E-state index contributed by atoms with van der Waals surface area (Å²) in [5, 5.41) is 11.8. The Morgan fingerprint density at radius 3 is 2.64 bits per heavy atom. The summed E-state index contributed by atoms with van der Waals surface area (Å²) in [7, 11) is 0. The van der Waals surface area contributed by atoms with E-state index >= 15 is 0 Å². The molecule has 0 saturated carbocycles. The highest BCUT2D eigenvalue weighted by Gasteiger charge is 2.43. The number of aliphatic carboxylic acids is 1. The van der Waals surface area contributed by atoms with E-state index in [9.17, 15) is 4.79 Å². The van der Waals surface area contributed by atoms with Crippen LogP contribution in [0.25, 0.3) is 0 Å². The Morgan fingerprint density at radius 1 is 1.73 bits per heavy atom. The van der Waals surface area contributed by atoms with Crippen LogP contribution in [0.1, 0.15) is 13.3 Å². The molecule has 3 heteroatoms. The summed E-state index contributed by atoms with van der Waals surface area (Å²) in [6, 6.07) is 0. The quantitative estimate of drug-likeness (QED) is 0.587. The number of nitrogens with one attached hydrogen (secondary N) is 1. The number of carboxylic acids is 1. The number of carbonyl (C=O) groups is 1. The molecular formula is C8H13NO2. The Kier molecular flexibility index (Phi) is 2.29. The van der Waals surface area contributed by atoms with Crippen LogP contribution in [0.4, 0.5) is 0 Å². The summed E-state index contributed by atoms with van der Waals surface area (Å²) < 4.78 is 0. The normalized spacial score (nSPS) is 21.5. The first kappa shape index (κ1) is 8.27. The van der Waals surface area contributed by atoms with Crippen molar-refractivity contribution in [3.63, 3.8) is 0 Å². The molecule has 0 atom stereocenters. The number of carboxylic acid groups (broad SMARTS) is 1. The molecule has 0 amide bonds. The molecule has 0 bridgehead atoms. The highest BCUT2D eigenvalue weighted by molar-refractivity contribution is 5.76. The van der Waals surface area contributed by atoms with Gasteiger partial charge < -0.3 is 10.4 Å². The maximum atomic E-state index is 10.7. The molecule has 0 spiro atoms. The van der Waals surface area contributed by atoms with Crippen LogP contribution in [0.15, 0.2) is 12.2 Å². The molecule has 62 valence electrons. The fraction of sp³-hybridized carbons (Fsp3) is 0.625. The van der Waals surface area contributed by atoms with Crippen molar-refractivity contribution in [1.82, 2.24) is 5.32 Å². The summed E-state index contributed by atoms with van der Waals surface area (Å²) in [5.74, 6) is -0.686. The van der Waals surface area contributed by atoms with Gasteiger partial charge in [-0.3, -0.25) is 4.79 Å². The first-order valence-corrected chi connectivity index (χ1v) is 3.76. The number of hydrogen-bond acceptors (Lipinski definition) is 2. The van der Waals surface area contributed by atoms with Crippen molar-refractivity contribution in [1.29, 1.82) is 0 Å². The van der Waals surface area contributed by atoms with Gasteiger partial charge in [0, 0.05) is 13.1 Å². The summed E-state index contributed by atoms with van der Waals surface area (Å²) >= 11 is 0. The monoisotopic (exact) mass is 155 g/mol. The zero-order valence-corrected chi connectivity index (χ0v) is 6.63. The molecule has 0 aromatic carbocycles. The third-order valence-electron chi connectivity index (χ3n) is 2.12. The van der Waals surface area contributed by atoms with Crippen molar-refractivity contribution in [2.24, 2.45) is 5.41 Å². The van der Waals surface area contributed by atoms with Gasteiger partial charge in [0.1, 0.15) is 0 Å². The lowest BCUT2D eigenvalue weighted by Crippen LogP contribution is -2.57. The minimum Gasteiger partial charge on any atom is -0.481 e. The molecule has 1 saturated heterocycles. The van der Waals surface area contributed by atoms with Crippen LogP contribution in [-0.4, -0.2) is 24.2 Å². The molecule has 0 aromatic heterocycles. The molecule has 0 radical (unpaired) electrons. The summed E-state index contributed by atoms with van der Waals surface area (Å²) in [4.78, 5) is 10.7. The van der Waals surface area contributed by atoms with Crippen LogP contribution in [-0.2, 0) is 4.79 Å². The van der Waals surface area contributed by atoms with Crippen LogP contribution >= 0.6 is 0 Å². The lowest BCUT2D eigenvalue weighted by molar-refractivity contribution is -0.151. The number of hydrogen-bond donors (Lipinski definition) is 2. The Bertz CT molecular complexity index is 183. The van der Waals surface area contributed by atoms with Gasteiger partial charge in [0.05, 0.1) is 5.41 Å². The minimum atomic E-state index is -0.686. The van der Waals surface area contributed by atoms with E-state index in [0.717, 1.165) is 0 Å². The summed E-state index contributed by atoms with van der Waals surface area (Å²) in [5.41, 5.74) is -0.507. The van der Waals surface area contributed by atoms with Gasteiger partial charge in [-0.25, -0.2) is 0 Å². The van der Waals surface area contributed by atoms with Gasteiger partial charge >= 0.3 is 5.97 Å². The average molecular weight is 155 g/mol. The van der Waals surface area contributed by atoms with E-state index in [1.807, 2.05) is 19.1 Å². The van der Waals surface area contributed by atoms with E-state index in [-0.39, 0.29) is 0 Å². The standard InChI is InChI=1S/C8H13NO2/c1-2-3-4-8(7(10)11)5-9-6-8/h2-3,9H,4-6H2,1H3,(H,10,11)/b3-2+. The van der Waals surface area contributed by atoms with Gasteiger partial charge in [-0.05, 0) is 13.3 Å². The summed E-state index contributed by atoms with van der Waals surface area (Å²) in [6.45, 7) is 3.11. The molecule has 11 heavy (non-hydrogen) atoms. The highest BCUT2D eigenvalue weighted by atomic mass is 16.4. The van der Waals surface area contributed by atoms with Crippen molar-refractivity contribution < 1.29 is 9.90 Å². The first-order chi connectivity index (χ1) is 5.21. The second kappa shape index (κ2) is 3.05. The van der Waals surface area contributed by atoms with Crippen LogP contribution < -0.4 is 5.32 Å². The van der Waals surface area contributed by atoms with Gasteiger partial charge in [-0.1, -0.05) is 12.2 Å². The molecular weight excluding hydrogens is 142 g/mol. The molecule has 1 aliphatic rings. The predicted molar refractivity (Wildman–Crippen MR) is 42.4 cm³/mol. The van der Waals surface area contributed by atoms with Crippen molar-refractivity contribution in [2.75, 3.05) is 13.1 Å². The number of allylic oxidation sites excluding steroid dienone is 2. The van der Waals surface area contributed by atoms with Crippen molar-refractivity contribution in [3.8, 4) is 0 Å². The molecule has 0 aliphatic carbocycles. The second-order valence-corrected chi connectivity index (χ2v) is 2.96. The Balaban J connectivity index is 2.53. The highest BCUT2D eigenvalue weighted by Crippen LogP contribution is 2.27. The van der Waals surface area contributed by atoms with E-state index in [4.69, 9.17) is 5.11 Å². The number of rotatable bonds is 3. The van der Waals surface area contributed by atoms with E-state index in [2.05, 4.69) is 5.32 Å².